The van der Waals surface area contributed by atoms with E-state index in [1.54, 1.807) is 0 Å². The maximum atomic E-state index is 4.87. The van der Waals surface area contributed by atoms with Crippen LogP contribution in [-0.4, -0.2) is 46.1 Å². The van der Waals surface area contributed by atoms with Crippen LogP contribution in [0.5, 0.6) is 0 Å². The minimum absolute atomic E-state index is 0.541. The van der Waals surface area contributed by atoms with Gasteiger partial charge < -0.3 is 31.1 Å². The maximum Gasteiger partial charge on any atom is 0.229 e. The summed E-state index contributed by atoms with van der Waals surface area (Å²) in [6.07, 6.45) is 8.53. The van der Waals surface area contributed by atoms with Gasteiger partial charge in [0.15, 0.2) is 0 Å². The summed E-state index contributed by atoms with van der Waals surface area (Å²) in [6.45, 7) is 8.24. The summed E-state index contributed by atoms with van der Waals surface area (Å²) in [6, 6.07) is 12.8. The molecule has 2 aromatic carbocycles. The zero-order valence-corrected chi connectivity index (χ0v) is 23.0. The molecule has 0 amide bonds. The van der Waals surface area contributed by atoms with Gasteiger partial charge in [-0.2, -0.15) is 9.97 Å². The average molecular weight is 535 g/mol. The van der Waals surface area contributed by atoms with E-state index in [9.17, 15) is 0 Å². The van der Waals surface area contributed by atoms with E-state index in [4.69, 9.17) is 9.97 Å². The highest BCUT2D eigenvalue weighted by Crippen LogP contribution is 2.34. The van der Waals surface area contributed by atoms with Gasteiger partial charge in [-0.1, -0.05) is 0 Å². The summed E-state index contributed by atoms with van der Waals surface area (Å²) in [4.78, 5) is 23.8. The molecule has 204 valence electrons. The molecule has 0 saturated carbocycles. The van der Waals surface area contributed by atoms with Crippen LogP contribution in [0.25, 0.3) is 0 Å². The first-order valence-corrected chi connectivity index (χ1v) is 14.1. The fourth-order valence-corrected chi connectivity index (χ4v) is 5.62. The van der Waals surface area contributed by atoms with E-state index in [-0.39, 0.29) is 0 Å². The normalized spacial score (nSPS) is 16.1. The quantitative estimate of drug-likeness (QED) is 0.204. The molecule has 0 aliphatic carbocycles. The van der Waals surface area contributed by atoms with Crippen LogP contribution in [-0.2, 0) is 0 Å². The standard InChI is InChI=1S/C30H34N10/c1-19-17-31-29-35-24-12-22(14-26(16-24)40-9-5-6-10-40)34-28-20(2)18-32-30(38-28)36-23-11-21(33-27(19)37-29)13-25(15-23)39-7-3-4-8-39/h11-18H,3-10H2,1-2H3,(H2,31,33,35,37)(H2,32,34,36,38). The number of fused-ring (bicyclic) bond motifs is 8. The van der Waals surface area contributed by atoms with Crippen molar-refractivity contribution in [3.8, 4) is 0 Å². The molecular formula is C30H34N10. The zero-order chi connectivity index (χ0) is 27.1. The molecule has 10 nitrogen and oxygen atoms in total. The van der Waals surface area contributed by atoms with Gasteiger partial charge in [0.1, 0.15) is 11.6 Å². The molecule has 5 heterocycles. The summed E-state index contributed by atoms with van der Waals surface area (Å²) >= 11 is 0. The van der Waals surface area contributed by atoms with Crippen molar-refractivity contribution in [2.75, 3.05) is 57.2 Å². The third-order valence-corrected chi connectivity index (χ3v) is 7.76. The molecule has 10 heteroatoms. The number of anilines is 10. The largest absolute Gasteiger partial charge is 0.371 e. The molecule has 3 aliphatic rings. The predicted octanol–water partition coefficient (Wildman–Crippen LogP) is 6.37. The lowest BCUT2D eigenvalue weighted by molar-refractivity contribution is 0.949. The van der Waals surface area contributed by atoms with Crippen molar-refractivity contribution in [3.05, 3.63) is 59.9 Å². The maximum absolute atomic E-state index is 4.87. The van der Waals surface area contributed by atoms with Crippen LogP contribution in [0, 0.1) is 13.8 Å². The number of aryl methyl sites for hydroxylation is 2. The Morgan fingerprint density at radius 1 is 0.525 bits per heavy atom. The number of benzene rings is 2. The fourth-order valence-electron chi connectivity index (χ4n) is 5.62. The first-order valence-electron chi connectivity index (χ1n) is 14.1. The van der Waals surface area contributed by atoms with E-state index in [0.29, 0.717) is 11.9 Å². The van der Waals surface area contributed by atoms with Gasteiger partial charge in [0.05, 0.1) is 0 Å². The molecule has 0 spiro atoms. The molecule has 2 saturated heterocycles. The minimum atomic E-state index is 0.541. The predicted molar refractivity (Wildman–Crippen MR) is 162 cm³/mol. The molecule has 0 atom stereocenters. The van der Waals surface area contributed by atoms with E-state index in [1.165, 1.54) is 25.7 Å². The van der Waals surface area contributed by atoms with Crippen LogP contribution in [0.15, 0.2) is 48.8 Å². The van der Waals surface area contributed by atoms with Gasteiger partial charge >= 0.3 is 0 Å². The summed E-state index contributed by atoms with van der Waals surface area (Å²) in [5.41, 5.74) is 7.96. The number of nitrogens with zero attached hydrogens (tertiary/aromatic N) is 6. The van der Waals surface area contributed by atoms with Gasteiger partial charge in [0.2, 0.25) is 11.9 Å². The number of hydrogen-bond donors (Lipinski definition) is 4. The molecule has 7 rings (SSSR count). The first kappa shape index (κ1) is 24.4. The van der Waals surface area contributed by atoms with E-state index in [1.807, 2.05) is 26.2 Å². The van der Waals surface area contributed by atoms with Crippen molar-refractivity contribution in [1.29, 1.82) is 0 Å². The Hall–Kier alpha value is -4.60. The molecule has 4 N–H and O–H groups in total. The number of nitrogens with one attached hydrogen (secondary N) is 4. The second kappa shape index (κ2) is 10.2. The average Bonchev–Trinajstić information content (AvgIpc) is 3.67. The van der Waals surface area contributed by atoms with Gasteiger partial charge in [-0.25, -0.2) is 9.97 Å². The van der Waals surface area contributed by atoms with Crippen molar-refractivity contribution in [1.82, 2.24) is 19.9 Å². The van der Waals surface area contributed by atoms with Crippen LogP contribution >= 0.6 is 0 Å². The topological polar surface area (TPSA) is 106 Å². The van der Waals surface area contributed by atoms with Crippen LogP contribution in [0.3, 0.4) is 0 Å². The van der Waals surface area contributed by atoms with Crippen LogP contribution < -0.4 is 31.1 Å². The lowest BCUT2D eigenvalue weighted by Gasteiger charge is -2.22. The summed E-state index contributed by atoms with van der Waals surface area (Å²) in [5, 5.41) is 14.0. The number of aromatic nitrogens is 4. The molecule has 3 aliphatic heterocycles. The Morgan fingerprint density at radius 2 is 0.900 bits per heavy atom. The molecule has 4 aromatic rings. The highest BCUT2D eigenvalue weighted by molar-refractivity contribution is 5.77. The van der Waals surface area contributed by atoms with Gasteiger partial charge in [0, 0.05) is 83.8 Å². The van der Waals surface area contributed by atoms with E-state index >= 15 is 0 Å². The lowest BCUT2D eigenvalue weighted by atomic mass is 10.2. The molecular weight excluding hydrogens is 500 g/mol. The van der Waals surface area contributed by atoms with Crippen molar-refractivity contribution < 1.29 is 0 Å². The van der Waals surface area contributed by atoms with Crippen molar-refractivity contribution in [2.24, 2.45) is 0 Å². The highest BCUT2D eigenvalue weighted by Gasteiger charge is 2.18. The lowest BCUT2D eigenvalue weighted by Crippen LogP contribution is -2.18. The Bertz CT molecular complexity index is 1440. The minimum Gasteiger partial charge on any atom is -0.371 e. The Balaban J connectivity index is 1.35. The molecule has 2 fully saturated rings. The van der Waals surface area contributed by atoms with Gasteiger partial charge in [-0.3, -0.25) is 0 Å². The second-order valence-electron chi connectivity index (χ2n) is 10.9. The summed E-state index contributed by atoms with van der Waals surface area (Å²) in [7, 11) is 0. The van der Waals surface area contributed by atoms with Gasteiger partial charge in [-0.15, -0.1) is 0 Å². The van der Waals surface area contributed by atoms with Crippen LogP contribution in [0.1, 0.15) is 36.8 Å². The third-order valence-electron chi connectivity index (χ3n) is 7.76. The summed E-state index contributed by atoms with van der Waals surface area (Å²) in [5.74, 6) is 2.60. The zero-order valence-electron chi connectivity index (χ0n) is 23.0. The third kappa shape index (κ3) is 5.04. The number of rotatable bonds is 2. The molecule has 2 aromatic heterocycles. The van der Waals surface area contributed by atoms with Crippen molar-refractivity contribution in [3.63, 3.8) is 0 Å². The Labute approximate surface area is 234 Å². The number of hydrogen-bond acceptors (Lipinski definition) is 10. The van der Waals surface area contributed by atoms with Crippen molar-refractivity contribution >= 4 is 57.7 Å². The molecule has 0 unspecified atom stereocenters. The monoisotopic (exact) mass is 534 g/mol. The molecule has 8 bridgehead atoms. The van der Waals surface area contributed by atoms with E-state index < -0.39 is 0 Å². The second-order valence-corrected chi connectivity index (χ2v) is 10.9. The van der Waals surface area contributed by atoms with Crippen molar-refractivity contribution in [2.45, 2.75) is 39.5 Å². The Kier molecular flexibility index (Phi) is 6.22. The first-order chi connectivity index (χ1) is 19.6. The SMILES string of the molecule is Cc1cnc2nc1Nc1cc(cc(N3CCCC3)c1)Nc1ncc(C)c(n1)Nc1cc(cc(N3CCCC3)c1)N2. The van der Waals surface area contributed by atoms with Gasteiger partial charge in [0.25, 0.3) is 0 Å². The summed E-state index contributed by atoms with van der Waals surface area (Å²) < 4.78 is 0. The molecule has 40 heavy (non-hydrogen) atoms. The molecule has 0 radical (unpaired) electrons. The highest BCUT2D eigenvalue weighted by atomic mass is 15.2. The van der Waals surface area contributed by atoms with E-state index in [0.717, 1.165) is 83.1 Å². The van der Waals surface area contributed by atoms with E-state index in [2.05, 4.69) is 77.4 Å². The van der Waals surface area contributed by atoms with Gasteiger partial charge in [-0.05, 0) is 75.9 Å². The smallest absolute Gasteiger partial charge is 0.229 e. The van der Waals surface area contributed by atoms with Crippen LogP contribution in [0.4, 0.5) is 57.7 Å². The Morgan fingerprint density at radius 3 is 1.30 bits per heavy atom. The fraction of sp³-hybridized carbons (Fsp3) is 0.333. The van der Waals surface area contributed by atoms with Crippen LogP contribution in [0.2, 0.25) is 0 Å².